The van der Waals surface area contributed by atoms with Gasteiger partial charge >= 0.3 is 12.1 Å². The van der Waals surface area contributed by atoms with Gasteiger partial charge in [-0.3, -0.25) is 4.90 Å². The van der Waals surface area contributed by atoms with E-state index in [1.165, 1.54) is 0 Å². The fourth-order valence-electron chi connectivity index (χ4n) is 6.52. The number of pyridine rings is 1. The van der Waals surface area contributed by atoms with Gasteiger partial charge in [0.1, 0.15) is 22.3 Å². The highest BCUT2D eigenvalue weighted by Crippen LogP contribution is 2.47. The van der Waals surface area contributed by atoms with Crippen molar-refractivity contribution >= 4 is 34.4 Å². The summed E-state index contributed by atoms with van der Waals surface area (Å²) in [5, 5.41) is -0.692. The fraction of sp³-hybridized carbons (Fsp3) is 0.667. The molecule has 2 aromatic rings. The van der Waals surface area contributed by atoms with Gasteiger partial charge in [0, 0.05) is 38.1 Å². The van der Waals surface area contributed by atoms with Crippen molar-refractivity contribution in [3.63, 3.8) is 0 Å². The molecule has 1 amide bonds. The van der Waals surface area contributed by atoms with Crippen LogP contribution in [0.4, 0.5) is 23.8 Å². The van der Waals surface area contributed by atoms with Gasteiger partial charge in [0.05, 0.1) is 29.8 Å². The Bertz CT molecular complexity index is 1560. The normalized spacial score (nSPS) is 24.5. The second kappa shape index (κ2) is 11.7. The molecule has 240 valence electrons. The zero-order valence-electron chi connectivity index (χ0n) is 28.0. The first-order valence-corrected chi connectivity index (χ1v) is 15.3. The highest BCUT2D eigenvalue weighted by molar-refractivity contribution is 6.30. The van der Waals surface area contributed by atoms with Crippen molar-refractivity contribution in [1.82, 2.24) is 24.8 Å². The third-order valence-corrected chi connectivity index (χ3v) is 9.16. The van der Waals surface area contributed by atoms with Gasteiger partial charge < -0.3 is 24.0 Å². The average molecular weight is 642 g/mol. The van der Waals surface area contributed by atoms with E-state index in [9.17, 15) is 13.6 Å². The number of carbonyl (C=O) groups excluding carboxylic acids is 1. The summed E-state index contributed by atoms with van der Waals surface area (Å²) in [7, 11) is -2.93. The van der Waals surface area contributed by atoms with E-state index < -0.39 is 41.7 Å². The van der Waals surface area contributed by atoms with Crippen molar-refractivity contribution in [2.75, 3.05) is 51.3 Å². The van der Waals surface area contributed by atoms with Crippen LogP contribution in [-0.2, 0) is 4.74 Å². The number of rotatable bonds is 7. The lowest BCUT2D eigenvalue weighted by atomic mass is 10.0. The third kappa shape index (κ3) is 6.22. The Morgan fingerprint density at radius 3 is 2.39 bits per heavy atom. The molecule has 1 aliphatic carbocycles. The van der Waals surface area contributed by atoms with Gasteiger partial charge in [-0.1, -0.05) is 11.6 Å². The molecule has 4 fully saturated rings. The zero-order valence-corrected chi connectivity index (χ0v) is 25.7. The molecule has 2 unspecified atom stereocenters. The minimum absolute atomic E-state index is 0.0705. The Labute approximate surface area is 263 Å². The van der Waals surface area contributed by atoms with Crippen LogP contribution < -0.4 is 14.4 Å². The van der Waals surface area contributed by atoms with Crippen LogP contribution in [0.3, 0.4) is 0 Å². The van der Waals surface area contributed by atoms with Crippen molar-refractivity contribution in [2.45, 2.75) is 77.0 Å². The Morgan fingerprint density at radius 1 is 1.11 bits per heavy atom. The number of likely N-dealkylation sites (tertiary alicyclic amines) is 1. The number of piperidine rings is 1. The molecule has 0 N–H and O–H groups in total. The standard InChI is InChI=1S/C30H38ClF3N6O4/c1-29(2,3)44-28(41)40-18-5-6-19(40)14-39(13-18)25-20-22(21(32)23(31)36-26(20)42-4)35-27(37-25)43-16-30(9-10-30)15-38-11-7-17(8-12-38)24(33)34/h18-19H,5-16H2,1-4H3/i4D3. The van der Waals surface area contributed by atoms with E-state index >= 15 is 4.39 Å². The van der Waals surface area contributed by atoms with E-state index in [0.29, 0.717) is 58.4 Å². The zero-order chi connectivity index (χ0) is 33.9. The van der Waals surface area contributed by atoms with Crippen LogP contribution >= 0.6 is 11.6 Å². The maximum atomic E-state index is 15.6. The lowest BCUT2D eigenvalue weighted by Gasteiger charge is -2.42. The number of anilines is 1. The number of hydrogen-bond donors (Lipinski definition) is 0. The number of fused-ring (bicyclic) bond motifs is 3. The number of ether oxygens (including phenoxy) is 3. The quantitative estimate of drug-likeness (QED) is 0.347. The van der Waals surface area contributed by atoms with E-state index in [4.69, 9.17) is 29.9 Å². The van der Waals surface area contributed by atoms with Gasteiger partial charge in [-0.15, -0.1) is 0 Å². The molecule has 2 aromatic heterocycles. The summed E-state index contributed by atoms with van der Waals surface area (Å²) >= 11 is 6.09. The molecule has 6 rings (SSSR count). The van der Waals surface area contributed by atoms with E-state index in [0.717, 1.165) is 12.8 Å². The summed E-state index contributed by atoms with van der Waals surface area (Å²) in [6.07, 6.45) is 1.78. The lowest BCUT2D eigenvalue weighted by Crippen LogP contribution is -2.57. The smallest absolute Gasteiger partial charge is 0.410 e. The predicted molar refractivity (Wildman–Crippen MR) is 158 cm³/mol. The van der Waals surface area contributed by atoms with Crippen molar-refractivity contribution in [2.24, 2.45) is 5.41 Å². The molecule has 44 heavy (non-hydrogen) atoms. The first-order valence-electron chi connectivity index (χ1n) is 16.4. The molecule has 0 spiro atoms. The number of nitrogens with zero attached hydrogens (tertiary/aromatic N) is 6. The van der Waals surface area contributed by atoms with Crippen LogP contribution in [0.15, 0.2) is 11.7 Å². The highest BCUT2D eigenvalue weighted by Gasteiger charge is 2.47. The van der Waals surface area contributed by atoms with Gasteiger partial charge in [0.2, 0.25) is 5.88 Å². The molecule has 2 bridgehead atoms. The number of amides is 1. The molecule has 14 heteroatoms. The Kier molecular flexibility index (Phi) is 7.25. The Morgan fingerprint density at radius 2 is 1.80 bits per heavy atom. The second-order valence-electron chi connectivity index (χ2n) is 13.3. The molecule has 0 aromatic carbocycles. The molecule has 4 aliphatic rings. The van der Waals surface area contributed by atoms with Gasteiger partial charge in [-0.25, -0.2) is 9.18 Å². The maximum Gasteiger partial charge on any atom is 0.410 e. The first-order chi connectivity index (χ1) is 22.0. The lowest BCUT2D eigenvalue weighted by molar-refractivity contribution is 0.0122. The molecule has 3 aliphatic heterocycles. The summed E-state index contributed by atoms with van der Waals surface area (Å²) in [4.78, 5) is 31.7. The van der Waals surface area contributed by atoms with Crippen molar-refractivity contribution < 1.29 is 36.3 Å². The van der Waals surface area contributed by atoms with Crippen molar-refractivity contribution in [3.05, 3.63) is 22.6 Å². The van der Waals surface area contributed by atoms with E-state index in [2.05, 4.69) is 19.9 Å². The number of aromatic nitrogens is 3. The van der Waals surface area contributed by atoms with Crippen LogP contribution in [0.2, 0.25) is 5.15 Å². The van der Waals surface area contributed by atoms with Gasteiger partial charge in [0.25, 0.3) is 6.08 Å². The molecule has 10 nitrogen and oxygen atoms in total. The summed E-state index contributed by atoms with van der Waals surface area (Å²) in [6, 6.07) is -0.615. The van der Waals surface area contributed by atoms with Crippen LogP contribution in [0.5, 0.6) is 11.9 Å². The number of piperazine rings is 1. The Balaban J connectivity index is 1.30. The Hall–Kier alpha value is -3.06. The summed E-state index contributed by atoms with van der Waals surface area (Å²) in [6.45, 7) is 7.94. The number of carbonyl (C=O) groups is 1. The molecule has 1 saturated carbocycles. The van der Waals surface area contributed by atoms with Gasteiger partial charge in [-0.05, 0) is 64.9 Å². The monoisotopic (exact) mass is 641 g/mol. The topological polar surface area (TPSA) is 93.2 Å². The summed E-state index contributed by atoms with van der Waals surface area (Å²) < 4.78 is 81.7. The highest BCUT2D eigenvalue weighted by atomic mass is 35.5. The van der Waals surface area contributed by atoms with Crippen molar-refractivity contribution in [1.29, 1.82) is 0 Å². The SMILES string of the molecule is [2H]C([2H])([2H])Oc1nc(Cl)c(F)c2nc(OCC3(CN4CCC(=C(F)F)CC4)CC3)nc(N3CC4CCC(C3)N4C(=O)OC(C)(C)C)c12. The van der Waals surface area contributed by atoms with E-state index in [1.807, 2.05) is 4.90 Å². The predicted octanol–water partition coefficient (Wildman–Crippen LogP) is 5.82. The minimum atomic E-state index is -2.93. The van der Waals surface area contributed by atoms with E-state index in [-0.39, 0.29) is 52.4 Å². The molecule has 5 heterocycles. The summed E-state index contributed by atoms with van der Waals surface area (Å²) in [5.41, 5.74) is -1.00. The number of methoxy groups -OCH3 is 1. The number of hydrogen-bond acceptors (Lipinski definition) is 9. The van der Waals surface area contributed by atoms with Crippen molar-refractivity contribution in [3.8, 4) is 11.9 Å². The van der Waals surface area contributed by atoms with Crippen LogP contribution in [0.1, 0.15) is 63.4 Å². The van der Waals surface area contributed by atoms with Crippen LogP contribution in [0, 0.1) is 11.2 Å². The molecule has 2 atom stereocenters. The first kappa shape index (κ1) is 27.3. The molecule has 3 saturated heterocycles. The third-order valence-electron chi connectivity index (χ3n) is 8.91. The average Bonchev–Trinajstić information content (AvgIpc) is 3.68. The minimum Gasteiger partial charge on any atom is -0.480 e. The maximum absolute atomic E-state index is 15.6. The second-order valence-corrected chi connectivity index (χ2v) is 13.6. The van der Waals surface area contributed by atoms with Gasteiger partial charge in [-0.2, -0.15) is 23.7 Å². The molecular formula is C30H38ClF3N6O4. The van der Waals surface area contributed by atoms with Gasteiger partial charge in [0.15, 0.2) is 11.0 Å². The molecule has 0 radical (unpaired) electrons. The fourth-order valence-corrected chi connectivity index (χ4v) is 6.69. The number of halogens is 4. The van der Waals surface area contributed by atoms with Crippen LogP contribution in [0.25, 0.3) is 10.9 Å². The summed E-state index contributed by atoms with van der Waals surface area (Å²) in [5.74, 6) is -1.28. The van der Waals surface area contributed by atoms with E-state index in [1.54, 1.807) is 25.7 Å². The largest absolute Gasteiger partial charge is 0.480 e. The van der Waals surface area contributed by atoms with Crippen LogP contribution in [-0.4, -0.2) is 94.9 Å². The molecular weight excluding hydrogens is 601 g/mol.